The molecule has 0 saturated carbocycles. The van der Waals surface area contributed by atoms with Crippen molar-refractivity contribution in [1.29, 1.82) is 0 Å². The van der Waals surface area contributed by atoms with Crippen molar-refractivity contribution in [3.05, 3.63) is 0 Å². The van der Waals surface area contributed by atoms with Crippen LogP contribution >= 0.6 is 0 Å². The Balaban J connectivity index is 3.39. The van der Waals surface area contributed by atoms with Crippen molar-refractivity contribution in [2.24, 2.45) is 0 Å². The molecule has 0 aromatic carbocycles. The van der Waals surface area contributed by atoms with Gasteiger partial charge in [-0.1, -0.05) is 0 Å². The van der Waals surface area contributed by atoms with Crippen LogP contribution in [0.3, 0.4) is 0 Å². The molecule has 0 aliphatic rings. The second-order valence-electron chi connectivity index (χ2n) is 1.33. The van der Waals surface area contributed by atoms with Gasteiger partial charge in [-0.25, -0.2) is 5.32 Å². The molecule has 1 N–H and O–H groups in total. The fraction of sp³-hybridized carbons (Fsp3) is 1.00. The first-order chi connectivity index (χ1) is 3.42. The van der Waals surface area contributed by atoms with Crippen molar-refractivity contribution in [2.45, 2.75) is 19.5 Å². The van der Waals surface area contributed by atoms with Crippen LogP contribution < -0.4 is 5.32 Å². The van der Waals surface area contributed by atoms with E-state index in [2.05, 4.69) is 0 Å². The quantitative estimate of drug-likeness (QED) is 0.441. The van der Waals surface area contributed by atoms with E-state index in [0.29, 0.717) is 12.2 Å². The number of nitrogens with one attached hydrogen (secondary N) is 1. The minimum absolute atomic E-state index is 0.360. The van der Waals surface area contributed by atoms with E-state index in [1.54, 1.807) is 0 Å². The lowest BCUT2D eigenvalue weighted by atomic mass is 10.6. The third-order valence-electron chi connectivity index (χ3n) is 0.363. The normalized spacial score (nSPS) is 12.8. The highest BCUT2D eigenvalue weighted by Crippen LogP contribution is 2.07. The molecular weight excluding hydrogens is 126 g/mol. The molecule has 5 heteroatoms. The number of hydrogen-bond donors (Lipinski definition) is 1. The fourth-order valence-corrected chi connectivity index (χ4v) is 0.192. The minimum Gasteiger partial charge on any atom is -0.201 e. The lowest BCUT2D eigenvalue weighted by Crippen LogP contribution is -2.36. The molecule has 0 radical (unpaired) electrons. The van der Waals surface area contributed by atoms with Gasteiger partial charge in [-0.3, -0.25) is 0 Å². The Morgan fingerprint density at radius 3 is 1.75 bits per heavy atom. The molecule has 0 atom stereocenters. The van der Waals surface area contributed by atoms with E-state index in [-0.39, 0.29) is 0 Å². The Labute approximate surface area is 43.7 Å². The third kappa shape index (κ3) is 5.68. The zero-order valence-corrected chi connectivity index (χ0v) is 4.09. The monoisotopic (exact) mass is 131 g/mol. The topological polar surface area (TPSA) is 12.0 Å². The van der Waals surface area contributed by atoms with Crippen molar-refractivity contribution >= 4 is 0 Å². The van der Waals surface area contributed by atoms with Crippen LogP contribution in [0.2, 0.25) is 0 Å². The van der Waals surface area contributed by atoms with E-state index >= 15 is 0 Å². The van der Waals surface area contributed by atoms with Crippen LogP contribution in [0.25, 0.3) is 0 Å². The molecule has 50 valence electrons. The van der Waals surface area contributed by atoms with E-state index in [9.17, 15) is 17.6 Å². The summed E-state index contributed by atoms with van der Waals surface area (Å²) in [6.07, 6.45) is 0. The molecule has 0 spiro atoms. The second kappa shape index (κ2) is 2.30. The van der Waals surface area contributed by atoms with E-state index in [1.807, 2.05) is 0 Å². The highest BCUT2D eigenvalue weighted by Gasteiger charge is 2.24. The first-order valence-electron chi connectivity index (χ1n) is 1.85. The summed E-state index contributed by atoms with van der Waals surface area (Å²) in [6.45, 7) is -2.80. The van der Waals surface area contributed by atoms with Gasteiger partial charge in [0.1, 0.15) is 0 Å². The van der Waals surface area contributed by atoms with Crippen LogP contribution in [-0.2, 0) is 0 Å². The molecule has 0 amide bonds. The van der Waals surface area contributed by atoms with E-state index < -0.39 is 12.6 Å². The fourth-order valence-electron chi connectivity index (χ4n) is 0.192. The number of hydrogen-bond acceptors (Lipinski definition) is 1. The Hall–Kier alpha value is -0.320. The average molecular weight is 131 g/mol. The van der Waals surface area contributed by atoms with Gasteiger partial charge in [0.15, 0.2) is 0 Å². The molecule has 0 aliphatic heterocycles. The highest BCUT2D eigenvalue weighted by molar-refractivity contribution is 4.50. The molecule has 0 heterocycles. The minimum atomic E-state index is -3.48. The molecule has 0 aromatic rings. The van der Waals surface area contributed by atoms with Crippen molar-refractivity contribution in [2.75, 3.05) is 0 Å². The molecule has 0 rings (SSSR count). The second-order valence-corrected chi connectivity index (χ2v) is 1.33. The Morgan fingerprint density at radius 2 is 1.75 bits per heavy atom. The van der Waals surface area contributed by atoms with Gasteiger partial charge in [0, 0.05) is 6.92 Å². The molecule has 0 unspecified atom stereocenters. The first-order valence-corrected chi connectivity index (χ1v) is 1.85. The maximum Gasteiger partial charge on any atom is 0.303 e. The SMILES string of the molecule is CC(F)(F)NC(F)F. The maximum atomic E-state index is 11.4. The summed E-state index contributed by atoms with van der Waals surface area (Å²) in [4.78, 5) is 0. The Bertz CT molecular complexity index is 66.2. The highest BCUT2D eigenvalue weighted by atomic mass is 19.3. The number of alkyl halides is 4. The molecular formula is C3H5F4N. The summed E-state index contributed by atoms with van der Waals surface area (Å²) >= 11 is 0. The largest absolute Gasteiger partial charge is 0.303 e. The van der Waals surface area contributed by atoms with Gasteiger partial charge in [-0.05, 0) is 0 Å². The van der Waals surface area contributed by atoms with Crippen LogP contribution in [0.5, 0.6) is 0 Å². The van der Waals surface area contributed by atoms with Gasteiger partial charge in [0.25, 0.3) is 6.55 Å². The van der Waals surface area contributed by atoms with Gasteiger partial charge < -0.3 is 0 Å². The van der Waals surface area contributed by atoms with E-state index in [0.717, 1.165) is 0 Å². The van der Waals surface area contributed by atoms with Gasteiger partial charge in [-0.15, -0.1) is 0 Å². The number of halogens is 4. The van der Waals surface area contributed by atoms with Crippen LogP contribution in [0.15, 0.2) is 0 Å². The standard InChI is InChI=1S/C3H5F4N/c1-3(6,7)8-2(4)5/h2,8H,1H3. The van der Waals surface area contributed by atoms with Gasteiger partial charge in [-0.2, -0.15) is 17.6 Å². The van der Waals surface area contributed by atoms with Gasteiger partial charge in [0.05, 0.1) is 0 Å². The van der Waals surface area contributed by atoms with Gasteiger partial charge in [0.2, 0.25) is 0 Å². The zero-order chi connectivity index (χ0) is 6.78. The molecule has 8 heavy (non-hydrogen) atoms. The van der Waals surface area contributed by atoms with E-state index in [4.69, 9.17) is 0 Å². The van der Waals surface area contributed by atoms with E-state index in [1.165, 1.54) is 0 Å². The molecule has 0 aromatic heterocycles. The Morgan fingerprint density at radius 1 is 1.38 bits per heavy atom. The van der Waals surface area contributed by atoms with Crippen LogP contribution in [0.1, 0.15) is 6.92 Å². The van der Waals surface area contributed by atoms with Crippen LogP contribution in [0.4, 0.5) is 17.6 Å². The average Bonchev–Trinajstić information content (AvgIpc) is 1.21. The van der Waals surface area contributed by atoms with Crippen LogP contribution in [-0.4, -0.2) is 12.6 Å². The summed E-state index contributed by atoms with van der Waals surface area (Å²) in [5.41, 5.74) is 0. The molecule has 1 nitrogen and oxygen atoms in total. The van der Waals surface area contributed by atoms with Crippen molar-refractivity contribution in [3.8, 4) is 0 Å². The Kier molecular flexibility index (Phi) is 2.21. The lowest BCUT2D eigenvalue weighted by Gasteiger charge is -2.09. The predicted octanol–water partition coefficient (Wildman–Crippen LogP) is 1.41. The summed E-state index contributed by atoms with van der Waals surface area (Å²) in [5, 5.41) is 0.715. The van der Waals surface area contributed by atoms with Crippen molar-refractivity contribution in [3.63, 3.8) is 0 Å². The summed E-state index contributed by atoms with van der Waals surface area (Å²) in [6, 6.07) is -3.48. The lowest BCUT2D eigenvalue weighted by molar-refractivity contribution is -0.0758. The van der Waals surface area contributed by atoms with Crippen molar-refractivity contribution < 1.29 is 17.6 Å². The molecule has 0 saturated heterocycles. The maximum absolute atomic E-state index is 11.4. The third-order valence-corrected chi connectivity index (χ3v) is 0.363. The molecule has 0 fully saturated rings. The smallest absolute Gasteiger partial charge is 0.201 e. The van der Waals surface area contributed by atoms with Crippen LogP contribution in [0, 0.1) is 0 Å². The zero-order valence-electron chi connectivity index (χ0n) is 4.09. The summed E-state index contributed by atoms with van der Waals surface area (Å²) in [7, 11) is 0. The summed E-state index contributed by atoms with van der Waals surface area (Å²) in [5.74, 6) is 0. The number of rotatable bonds is 2. The molecule has 0 bridgehead atoms. The molecule has 0 aliphatic carbocycles. The van der Waals surface area contributed by atoms with Gasteiger partial charge >= 0.3 is 6.05 Å². The first kappa shape index (κ1) is 7.68. The summed E-state index contributed by atoms with van der Waals surface area (Å²) < 4.78 is 44.6. The predicted molar refractivity (Wildman–Crippen MR) is 19.8 cm³/mol. The van der Waals surface area contributed by atoms with Crippen molar-refractivity contribution in [1.82, 2.24) is 5.32 Å².